The van der Waals surface area contributed by atoms with Gasteiger partial charge in [0.15, 0.2) is 6.61 Å². The third-order valence-electron chi connectivity index (χ3n) is 5.45. The summed E-state index contributed by atoms with van der Waals surface area (Å²) in [6, 6.07) is 9.69. The Labute approximate surface area is 176 Å². The Morgan fingerprint density at radius 3 is 2.47 bits per heavy atom. The highest BCUT2D eigenvalue weighted by Crippen LogP contribution is 2.18. The Bertz CT molecular complexity index is 1040. The average molecular weight is 406 g/mol. The van der Waals surface area contributed by atoms with Crippen LogP contribution in [-0.4, -0.2) is 63.1 Å². The van der Waals surface area contributed by atoms with E-state index in [0.29, 0.717) is 26.2 Å². The van der Waals surface area contributed by atoms with Crippen LogP contribution in [0.15, 0.2) is 43.0 Å². The molecule has 1 saturated heterocycles. The van der Waals surface area contributed by atoms with Gasteiger partial charge in [-0.2, -0.15) is 0 Å². The summed E-state index contributed by atoms with van der Waals surface area (Å²) in [6.45, 7) is 8.77. The van der Waals surface area contributed by atoms with Crippen molar-refractivity contribution in [3.8, 4) is 11.6 Å². The van der Waals surface area contributed by atoms with Crippen LogP contribution in [0.1, 0.15) is 17.0 Å². The molecule has 30 heavy (non-hydrogen) atoms. The fourth-order valence-electron chi connectivity index (χ4n) is 3.50. The summed E-state index contributed by atoms with van der Waals surface area (Å²) >= 11 is 0. The van der Waals surface area contributed by atoms with Gasteiger partial charge in [-0.15, -0.1) is 0 Å². The second-order valence-electron chi connectivity index (χ2n) is 7.49. The molecule has 1 fully saturated rings. The third-order valence-corrected chi connectivity index (χ3v) is 5.45. The molecule has 0 unspecified atom stereocenters. The maximum Gasteiger partial charge on any atom is 0.260 e. The van der Waals surface area contributed by atoms with Gasteiger partial charge in [0, 0.05) is 37.9 Å². The molecule has 2 aromatic heterocycles. The van der Waals surface area contributed by atoms with E-state index < -0.39 is 0 Å². The minimum absolute atomic E-state index is 0.00375. The highest BCUT2D eigenvalue weighted by atomic mass is 16.5. The molecule has 3 heterocycles. The summed E-state index contributed by atoms with van der Waals surface area (Å²) in [7, 11) is 0. The Morgan fingerprint density at radius 1 is 1.00 bits per heavy atom. The van der Waals surface area contributed by atoms with Crippen molar-refractivity contribution in [3.05, 3.63) is 59.9 Å². The number of aryl methyl sites for hydroxylation is 2. The fourth-order valence-corrected chi connectivity index (χ4v) is 3.50. The summed E-state index contributed by atoms with van der Waals surface area (Å²) in [5.41, 5.74) is 3.15. The topological polar surface area (TPSA) is 76.4 Å². The molecular formula is C22H26N6O2. The molecule has 1 aliphatic heterocycles. The van der Waals surface area contributed by atoms with E-state index in [4.69, 9.17) is 4.74 Å². The number of hydrogen-bond acceptors (Lipinski definition) is 6. The van der Waals surface area contributed by atoms with Crippen LogP contribution in [0.5, 0.6) is 5.75 Å². The van der Waals surface area contributed by atoms with Crippen molar-refractivity contribution in [2.24, 2.45) is 0 Å². The normalized spacial score (nSPS) is 14.1. The van der Waals surface area contributed by atoms with Gasteiger partial charge in [-0.3, -0.25) is 9.36 Å². The second kappa shape index (κ2) is 8.52. The van der Waals surface area contributed by atoms with Crippen molar-refractivity contribution < 1.29 is 9.53 Å². The summed E-state index contributed by atoms with van der Waals surface area (Å²) in [5, 5.41) is 0. The lowest BCUT2D eigenvalue weighted by atomic mass is 10.2. The summed E-state index contributed by atoms with van der Waals surface area (Å²) in [5.74, 6) is 2.38. The minimum atomic E-state index is 0.00375. The van der Waals surface area contributed by atoms with Gasteiger partial charge in [0.2, 0.25) is 0 Å². The van der Waals surface area contributed by atoms with Crippen molar-refractivity contribution in [2.75, 3.05) is 37.7 Å². The van der Waals surface area contributed by atoms with Crippen LogP contribution >= 0.6 is 0 Å². The Balaban J connectivity index is 1.35. The van der Waals surface area contributed by atoms with Gasteiger partial charge in [0.05, 0.1) is 5.69 Å². The number of carbonyl (C=O) groups is 1. The molecule has 0 bridgehead atoms. The molecule has 0 atom stereocenters. The second-order valence-corrected chi connectivity index (χ2v) is 7.49. The standard InChI is InChI=1S/C22H26N6O2/c1-16-5-4-6-19(11-16)30-13-22(29)27-9-7-26(8-10-27)20-12-21(24-14-23-20)28-15-25-17(2)18(28)3/h4-6,11-12,14-15H,7-10,13H2,1-3H3. The zero-order valence-electron chi connectivity index (χ0n) is 17.6. The summed E-state index contributed by atoms with van der Waals surface area (Å²) in [6.07, 6.45) is 3.36. The summed E-state index contributed by atoms with van der Waals surface area (Å²) in [4.78, 5) is 29.7. The number of aromatic nitrogens is 4. The highest BCUT2D eigenvalue weighted by molar-refractivity contribution is 5.78. The molecule has 1 amide bonds. The number of piperazine rings is 1. The molecule has 0 saturated carbocycles. The molecule has 8 heteroatoms. The van der Waals surface area contributed by atoms with Crippen LogP contribution < -0.4 is 9.64 Å². The Kier molecular flexibility index (Phi) is 5.65. The third kappa shape index (κ3) is 4.27. The number of amides is 1. The molecule has 0 aliphatic carbocycles. The first-order valence-electron chi connectivity index (χ1n) is 10.1. The molecule has 1 aromatic carbocycles. The number of nitrogens with zero attached hydrogens (tertiary/aromatic N) is 6. The first-order chi connectivity index (χ1) is 14.5. The molecule has 0 spiro atoms. The van der Waals surface area contributed by atoms with Crippen LogP contribution in [0.2, 0.25) is 0 Å². The highest BCUT2D eigenvalue weighted by Gasteiger charge is 2.22. The van der Waals surface area contributed by atoms with Crippen LogP contribution in [0.4, 0.5) is 5.82 Å². The monoisotopic (exact) mass is 406 g/mol. The molecular weight excluding hydrogens is 380 g/mol. The molecule has 0 N–H and O–H groups in total. The van der Waals surface area contributed by atoms with Gasteiger partial charge in [0.25, 0.3) is 5.91 Å². The van der Waals surface area contributed by atoms with Gasteiger partial charge in [-0.1, -0.05) is 12.1 Å². The number of rotatable bonds is 5. The lowest BCUT2D eigenvalue weighted by molar-refractivity contribution is -0.133. The molecule has 3 aromatic rings. The van der Waals surface area contributed by atoms with E-state index in [1.165, 1.54) is 0 Å². The van der Waals surface area contributed by atoms with Gasteiger partial charge in [0.1, 0.15) is 30.0 Å². The van der Waals surface area contributed by atoms with Crippen LogP contribution in [0, 0.1) is 20.8 Å². The van der Waals surface area contributed by atoms with Crippen LogP contribution in [0.25, 0.3) is 5.82 Å². The SMILES string of the molecule is Cc1cccc(OCC(=O)N2CCN(c3cc(-n4cnc(C)c4C)ncn3)CC2)c1. The predicted molar refractivity (Wildman–Crippen MR) is 114 cm³/mol. The number of benzene rings is 1. The molecule has 156 valence electrons. The maximum atomic E-state index is 12.5. The van der Waals surface area contributed by atoms with Gasteiger partial charge >= 0.3 is 0 Å². The van der Waals surface area contributed by atoms with E-state index in [1.54, 1.807) is 12.7 Å². The summed E-state index contributed by atoms with van der Waals surface area (Å²) < 4.78 is 7.62. The van der Waals surface area contributed by atoms with Crippen LogP contribution in [0.3, 0.4) is 0 Å². The van der Waals surface area contributed by atoms with E-state index in [-0.39, 0.29) is 12.5 Å². The molecule has 0 radical (unpaired) electrons. The Morgan fingerprint density at radius 2 is 1.77 bits per heavy atom. The first-order valence-corrected chi connectivity index (χ1v) is 10.1. The van der Waals surface area contributed by atoms with Crippen molar-refractivity contribution >= 4 is 11.7 Å². The largest absolute Gasteiger partial charge is 0.484 e. The van der Waals surface area contributed by atoms with Crippen LogP contribution in [-0.2, 0) is 4.79 Å². The molecule has 1 aliphatic rings. The molecule has 8 nitrogen and oxygen atoms in total. The fraction of sp³-hybridized carbons (Fsp3) is 0.364. The average Bonchev–Trinajstić information content (AvgIpc) is 3.11. The van der Waals surface area contributed by atoms with E-state index in [2.05, 4.69) is 19.9 Å². The first kappa shape index (κ1) is 19.9. The predicted octanol–water partition coefficient (Wildman–Crippen LogP) is 2.32. The van der Waals surface area contributed by atoms with Gasteiger partial charge < -0.3 is 14.5 Å². The minimum Gasteiger partial charge on any atom is -0.484 e. The Hall–Kier alpha value is -3.42. The number of imidazole rings is 1. The maximum absolute atomic E-state index is 12.5. The lowest BCUT2D eigenvalue weighted by Crippen LogP contribution is -2.50. The van der Waals surface area contributed by atoms with Gasteiger partial charge in [-0.05, 0) is 38.5 Å². The quantitative estimate of drug-likeness (QED) is 0.647. The zero-order chi connectivity index (χ0) is 21.1. The smallest absolute Gasteiger partial charge is 0.260 e. The molecule has 4 rings (SSSR count). The van der Waals surface area contributed by atoms with E-state index in [1.807, 2.05) is 60.6 Å². The van der Waals surface area contributed by atoms with Crippen molar-refractivity contribution in [1.29, 1.82) is 0 Å². The van der Waals surface area contributed by atoms with E-state index in [0.717, 1.165) is 34.3 Å². The number of ether oxygens (including phenoxy) is 1. The number of carbonyl (C=O) groups excluding carboxylic acids is 1. The van der Waals surface area contributed by atoms with Crippen molar-refractivity contribution in [1.82, 2.24) is 24.4 Å². The zero-order valence-corrected chi connectivity index (χ0v) is 17.6. The van der Waals surface area contributed by atoms with Gasteiger partial charge in [-0.25, -0.2) is 15.0 Å². The lowest BCUT2D eigenvalue weighted by Gasteiger charge is -2.35. The number of anilines is 1. The van der Waals surface area contributed by atoms with E-state index in [9.17, 15) is 4.79 Å². The van der Waals surface area contributed by atoms with Crippen molar-refractivity contribution in [2.45, 2.75) is 20.8 Å². The van der Waals surface area contributed by atoms with E-state index >= 15 is 0 Å². The van der Waals surface area contributed by atoms with Crippen molar-refractivity contribution in [3.63, 3.8) is 0 Å². The number of hydrogen-bond donors (Lipinski definition) is 0.